The first-order valence-electron chi connectivity index (χ1n) is 12.2. The zero-order chi connectivity index (χ0) is 27.3. The molecule has 38 heavy (non-hydrogen) atoms. The van der Waals surface area contributed by atoms with E-state index in [4.69, 9.17) is 4.74 Å². The molecule has 8 nitrogen and oxygen atoms in total. The lowest BCUT2D eigenvalue weighted by Crippen LogP contribution is -2.38. The van der Waals surface area contributed by atoms with Gasteiger partial charge < -0.3 is 15.0 Å². The van der Waals surface area contributed by atoms with E-state index in [2.05, 4.69) is 15.0 Å². The van der Waals surface area contributed by atoms with Gasteiger partial charge in [0.15, 0.2) is 5.03 Å². The Labute approximate surface area is 221 Å². The third kappa shape index (κ3) is 6.53. The van der Waals surface area contributed by atoms with E-state index in [0.717, 1.165) is 5.56 Å². The zero-order valence-electron chi connectivity index (χ0n) is 21.2. The van der Waals surface area contributed by atoms with Crippen molar-refractivity contribution in [3.05, 3.63) is 83.1 Å². The summed E-state index contributed by atoms with van der Waals surface area (Å²) in [5.74, 6) is -0.783. The molecule has 0 atom stereocenters. The SMILES string of the molecule is COCCNS(=O)(=O)c1cc(Nc2ccc(F)cc2C)c(C(=O)N2CCC(c3ccc(F)cc3)CC2)cn1. The summed E-state index contributed by atoms with van der Waals surface area (Å²) in [5.41, 5.74) is 2.59. The molecule has 2 heterocycles. The summed E-state index contributed by atoms with van der Waals surface area (Å²) in [5, 5.41) is 2.84. The molecule has 0 spiro atoms. The van der Waals surface area contributed by atoms with Gasteiger partial charge in [-0.3, -0.25) is 4.79 Å². The van der Waals surface area contributed by atoms with Crippen LogP contribution in [0, 0.1) is 18.6 Å². The highest BCUT2D eigenvalue weighted by atomic mass is 32.2. The van der Waals surface area contributed by atoms with Gasteiger partial charge in [-0.25, -0.2) is 26.9 Å². The number of carbonyl (C=O) groups is 1. The third-order valence-electron chi connectivity index (χ3n) is 6.56. The predicted octanol–water partition coefficient (Wildman–Crippen LogP) is 4.36. The van der Waals surface area contributed by atoms with Gasteiger partial charge >= 0.3 is 0 Å². The van der Waals surface area contributed by atoms with Crippen molar-refractivity contribution in [2.75, 3.05) is 38.7 Å². The smallest absolute Gasteiger partial charge is 0.258 e. The fraction of sp³-hybridized carbons (Fsp3) is 0.333. The number of anilines is 2. The van der Waals surface area contributed by atoms with E-state index in [-0.39, 0.29) is 47.1 Å². The highest BCUT2D eigenvalue weighted by molar-refractivity contribution is 7.89. The first-order valence-corrected chi connectivity index (χ1v) is 13.7. The number of carbonyl (C=O) groups excluding carboxylic acids is 1. The van der Waals surface area contributed by atoms with Crippen molar-refractivity contribution >= 4 is 27.3 Å². The third-order valence-corrected chi connectivity index (χ3v) is 7.92. The summed E-state index contributed by atoms with van der Waals surface area (Å²) < 4.78 is 59.8. The van der Waals surface area contributed by atoms with Crippen LogP contribution in [0.2, 0.25) is 0 Å². The Morgan fingerprint density at radius 2 is 1.74 bits per heavy atom. The molecule has 0 bridgehead atoms. The van der Waals surface area contributed by atoms with Crippen LogP contribution in [0.4, 0.5) is 20.2 Å². The second-order valence-electron chi connectivity index (χ2n) is 9.16. The number of nitrogens with zero attached hydrogens (tertiary/aromatic N) is 2. The number of sulfonamides is 1. The highest BCUT2D eigenvalue weighted by Gasteiger charge is 2.28. The van der Waals surface area contributed by atoms with Crippen LogP contribution in [0.3, 0.4) is 0 Å². The molecular formula is C27H30F2N4O4S. The van der Waals surface area contributed by atoms with Gasteiger partial charge in [0.2, 0.25) is 0 Å². The molecule has 1 saturated heterocycles. The lowest BCUT2D eigenvalue weighted by Gasteiger charge is -2.32. The quantitative estimate of drug-likeness (QED) is 0.389. The fourth-order valence-electron chi connectivity index (χ4n) is 4.44. The van der Waals surface area contributed by atoms with Gasteiger partial charge in [0.1, 0.15) is 11.6 Å². The molecule has 0 aliphatic carbocycles. The molecule has 4 rings (SSSR count). The lowest BCUT2D eigenvalue weighted by molar-refractivity contribution is 0.0713. The largest absolute Gasteiger partial charge is 0.383 e. The normalized spacial score (nSPS) is 14.5. The number of aromatic nitrogens is 1. The molecule has 11 heteroatoms. The highest BCUT2D eigenvalue weighted by Crippen LogP contribution is 2.31. The van der Waals surface area contributed by atoms with Crippen LogP contribution in [-0.4, -0.2) is 57.6 Å². The molecule has 0 radical (unpaired) electrons. The van der Waals surface area contributed by atoms with Crippen molar-refractivity contribution in [2.24, 2.45) is 0 Å². The second-order valence-corrected chi connectivity index (χ2v) is 10.9. The number of piperidine rings is 1. The van der Waals surface area contributed by atoms with Gasteiger partial charge in [-0.2, -0.15) is 0 Å². The minimum atomic E-state index is -3.97. The average Bonchev–Trinajstić information content (AvgIpc) is 2.90. The van der Waals surface area contributed by atoms with Crippen LogP contribution in [0.25, 0.3) is 0 Å². The van der Waals surface area contributed by atoms with Gasteiger partial charge in [-0.05, 0) is 67.1 Å². The molecule has 0 saturated carbocycles. The standard InChI is InChI=1S/C27H30F2N4O4S/c1-18-15-22(29)7-8-24(18)32-25-16-26(38(35,36)31-11-14-37-2)30-17-23(25)27(34)33-12-9-20(10-13-33)19-3-5-21(28)6-4-19/h3-8,15-17,20,31H,9-14H2,1-2H3,(H,30,32). The molecule has 1 aliphatic rings. The Bertz CT molecular complexity index is 1390. The maximum absolute atomic E-state index is 13.7. The minimum absolute atomic E-state index is 0.0596. The number of ether oxygens (including phenoxy) is 1. The molecule has 1 aromatic heterocycles. The molecule has 3 aromatic rings. The maximum atomic E-state index is 13.7. The number of likely N-dealkylation sites (tertiary alicyclic amines) is 1. The van der Waals surface area contributed by atoms with Crippen molar-refractivity contribution in [3.8, 4) is 0 Å². The number of halogens is 2. The maximum Gasteiger partial charge on any atom is 0.258 e. The molecule has 202 valence electrons. The van der Waals surface area contributed by atoms with Gasteiger partial charge in [0.05, 0.1) is 17.9 Å². The molecule has 1 aliphatic heterocycles. The van der Waals surface area contributed by atoms with Crippen molar-refractivity contribution in [1.29, 1.82) is 0 Å². The number of amides is 1. The fourth-order valence-corrected chi connectivity index (χ4v) is 5.41. The van der Waals surface area contributed by atoms with Crippen molar-refractivity contribution in [3.63, 3.8) is 0 Å². The van der Waals surface area contributed by atoms with E-state index < -0.39 is 15.8 Å². The number of benzene rings is 2. The van der Waals surface area contributed by atoms with E-state index in [1.165, 1.54) is 49.7 Å². The van der Waals surface area contributed by atoms with Crippen LogP contribution >= 0.6 is 0 Å². The Balaban J connectivity index is 1.59. The van der Waals surface area contributed by atoms with Gasteiger partial charge in [0.25, 0.3) is 15.9 Å². The number of hydrogen-bond donors (Lipinski definition) is 2. The Morgan fingerprint density at radius 1 is 1.05 bits per heavy atom. The molecule has 2 N–H and O–H groups in total. The van der Waals surface area contributed by atoms with Crippen molar-refractivity contribution in [2.45, 2.75) is 30.7 Å². The van der Waals surface area contributed by atoms with E-state index in [9.17, 15) is 22.0 Å². The Kier molecular flexibility index (Phi) is 8.70. The van der Waals surface area contributed by atoms with E-state index in [1.807, 2.05) is 0 Å². The molecule has 2 aromatic carbocycles. The van der Waals surface area contributed by atoms with Crippen LogP contribution in [0.1, 0.15) is 40.2 Å². The van der Waals surface area contributed by atoms with Crippen LogP contribution in [0.15, 0.2) is 59.8 Å². The number of aryl methyl sites for hydroxylation is 1. The van der Waals surface area contributed by atoms with Gasteiger partial charge in [0, 0.05) is 44.7 Å². The Morgan fingerprint density at radius 3 is 2.39 bits per heavy atom. The molecular weight excluding hydrogens is 514 g/mol. The summed E-state index contributed by atoms with van der Waals surface area (Å²) >= 11 is 0. The summed E-state index contributed by atoms with van der Waals surface area (Å²) in [6.45, 7) is 2.91. The first kappa shape index (κ1) is 27.6. The van der Waals surface area contributed by atoms with Crippen LogP contribution < -0.4 is 10.0 Å². The molecule has 0 unspecified atom stereocenters. The number of methoxy groups -OCH3 is 1. The summed E-state index contributed by atoms with van der Waals surface area (Å²) in [4.78, 5) is 19.3. The topological polar surface area (TPSA) is 101 Å². The number of nitrogens with one attached hydrogen (secondary N) is 2. The molecule has 1 amide bonds. The second kappa shape index (κ2) is 12.0. The summed E-state index contributed by atoms with van der Waals surface area (Å²) in [6.07, 6.45) is 2.67. The van der Waals surface area contributed by atoms with Gasteiger partial charge in [-0.1, -0.05) is 12.1 Å². The lowest BCUT2D eigenvalue weighted by atomic mass is 9.89. The average molecular weight is 545 g/mol. The number of rotatable bonds is 9. The Hall–Kier alpha value is -3.41. The summed E-state index contributed by atoms with van der Waals surface area (Å²) in [6, 6.07) is 11.9. The van der Waals surface area contributed by atoms with Crippen molar-refractivity contribution < 1.29 is 26.7 Å². The summed E-state index contributed by atoms with van der Waals surface area (Å²) in [7, 11) is -2.50. The van der Waals surface area contributed by atoms with E-state index in [1.54, 1.807) is 24.0 Å². The minimum Gasteiger partial charge on any atom is -0.383 e. The monoisotopic (exact) mass is 544 g/mol. The van der Waals surface area contributed by atoms with Crippen LogP contribution in [0.5, 0.6) is 0 Å². The van der Waals surface area contributed by atoms with E-state index >= 15 is 0 Å². The van der Waals surface area contributed by atoms with Crippen LogP contribution in [-0.2, 0) is 14.8 Å². The number of hydrogen-bond acceptors (Lipinski definition) is 6. The number of pyridine rings is 1. The predicted molar refractivity (Wildman–Crippen MR) is 140 cm³/mol. The molecule has 1 fully saturated rings. The first-order chi connectivity index (χ1) is 18.2. The van der Waals surface area contributed by atoms with E-state index in [0.29, 0.717) is 37.2 Å². The zero-order valence-corrected chi connectivity index (χ0v) is 22.0. The van der Waals surface area contributed by atoms with Gasteiger partial charge in [-0.15, -0.1) is 0 Å². The van der Waals surface area contributed by atoms with Crippen molar-refractivity contribution in [1.82, 2.24) is 14.6 Å².